The lowest BCUT2D eigenvalue weighted by atomic mass is 9.86. The molecule has 5 rings (SSSR count). The normalized spacial score (nSPS) is 27.4. The van der Waals surface area contributed by atoms with Gasteiger partial charge in [-0.1, -0.05) is 6.42 Å². The molecular formula is C21H28N4O. The minimum Gasteiger partial charge on any atom is -0.352 e. The molecule has 1 amide bonds. The zero-order valence-electron chi connectivity index (χ0n) is 15.8. The summed E-state index contributed by atoms with van der Waals surface area (Å²) in [5, 5.41) is 8.61. The van der Waals surface area contributed by atoms with Gasteiger partial charge in [0.1, 0.15) is 0 Å². The Morgan fingerprint density at radius 1 is 1.27 bits per heavy atom. The van der Waals surface area contributed by atoms with E-state index in [1.165, 1.54) is 38.5 Å². The molecule has 5 nitrogen and oxygen atoms in total. The molecule has 0 saturated heterocycles. The van der Waals surface area contributed by atoms with E-state index in [1.807, 2.05) is 24.7 Å². The van der Waals surface area contributed by atoms with Gasteiger partial charge in [0.25, 0.3) is 5.91 Å². The number of aryl methyl sites for hydroxylation is 2. The second-order valence-electron chi connectivity index (χ2n) is 8.76. The van der Waals surface area contributed by atoms with Gasteiger partial charge in [-0.15, -0.1) is 0 Å². The molecule has 0 aliphatic heterocycles. The number of fused-ring (bicyclic) bond motifs is 3. The molecule has 2 aromatic rings. The Labute approximate surface area is 154 Å². The molecule has 138 valence electrons. The van der Waals surface area contributed by atoms with Gasteiger partial charge in [-0.05, 0) is 69.3 Å². The molecule has 0 radical (unpaired) electrons. The SMILES string of the molecule is Cc1nn(C)c2nc(C3CC3)cc(C(=O)NCCC3CC4CCC3C4)c12. The van der Waals surface area contributed by atoms with Crippen molar-refractivity contribution < 1.29 is 4.79 Å². The molecule has 2 heterocycles. The number of hydrogen-bond acceptors (Lipinski definition) is 3. The van der Waals surface area contributed by atoms with Crippen molar-refractivity contribution in [3.63, 3.8) is 0 Å². The zero-order valence-corrected chi connectivity index (χ0v) is 15.8. The topological polar surface area (TPSA) is 59.8 Å². The summed E-state index contributed by atoms with van der Waals surface area (Å²) < 4.78 is 1.81. The second-order valence-corrected chi connectivity index (χ2v) is 8.76. The summed E-state index contributed by atoms with van der Waals surface area (Å²) in [5.74, 6) is 3.29. The van der Waals surface area contributed by atoms with E-state index in [1.54, 1.807) is 0 Å². The van der Waals surface area contributed by atoms with Crippen molar-refractivity contribution in [1.29, 1.82) is 0 Å². The van der Waals surface area contributed by atoms with Crippen LogP contribution in [-0.4, -0.2) is 27.2 Å². The van der Waals surface area contributed by atoms with E-state index < -0.39 is 0 Å². The van der Waals surface area contributed by atoms with Crippen molar-refractivity contribution >= 4 is 16.9 Å². The van der Waals surface area contributed by atoms with Crippen LogP contribution in [0.5, 0.6) is 0 Å². The van der Waals surface area contributed by atoms with Gasteiger partial charge in [0, 0.05) is 25.2 Å². The molecule has 2 aromatic heterocycles. The van der Waals surface area contributed by atoms with Gasteiger partial charge >= 0.3 is 0 Å². The molecular weight excluding hydrogens is 324 g/mol. The van der Waals surface area contributed by atoms with Crippen LogP contribution < -0.4 is 5.32 Å². The van der Waals surface area contributed by atoms with Crippen molar-refractivity contribution in [2.24, 2.45) is 24.8 Å². The molecule has 3 fully saturated rings. The molecule has 3 aliphatic rings. The molecule has 1 N–H and O–H groups in total. The third-order valence-corrected chi connectivity index (χ3v) is 6.91. The van der Waals surface area contributed by atoms with Crippen molar-refractivity contribution in [3.05, 3.63) is 23.0 Å². The van der Waals surface area contributed by atoms with Crippen LogP contribution >= 0.6 is 0 Å². The summed E-state index contributed by atoms with van der Waals surface area (Å²) in [4.78, 5) is 17.8. The van der Waals surface area contributed by atoms with Crippen molar-refractivity contribution in [2.45, 2.75) is 57.8 Å². The summed E-state index contributed by atoms with van der Waals surface area (Å²) in [6.45, 7) is 2.75. The standard InChI is InChI=1S/C21H28N4O/c1-12-19-17(11-18(14-5-6-14)23-20(19)25(2)24-12)21(26)22-8-7-16-10-13-3-4-15(16)9-13/h11,13-16H,3-10H2,1-2H3,(H,22,26). The maximum absolute atomic E-state index is 13.0. The quantitative estimate of drug-likeness (QED) is 0.892. The highest BCUT2D eigenvalue weighted by molar-refractivity contribution is 6.06. The number of aromatic nitrogens is 3. The van der Waals surface area contributed by atoms with Crippen LogP contribution in [0.15, 0.2) is 6.07 Å². The lowest BCUT2D eigenvalue weighted by molar-refractivity contribution is 0.0951. The van der Waals surface area contributed by atoms with E-state index in [4.69, 9.17) is 4.98 Å². The largest absolute Gasteiger partial charge is 0.352 e. The first-order chi connectivity index (χ1) is 12.6. The molecule has 3 unspecified atom stereocenters. The Kier molecular flexibility index (Phi) is 3.80. The maximum atomic E-state index is 13.0. The van der Waals surface area contributed by atoms with E-state index in [0.29, 0.717) is 5.92 Å². The number of carbonyl (C=O) groups is 1. The summed E-state index contributed by atoms with van der Waals surface area (Å²) in [7, 11) is 1.91. The molecule has 3 aliphatic carbocycles. The predicted molar refractivity (Wildman–Crippen MR) is 101 cm³/mol. The zero-order chi connectivity index (χ0) is 17.8. The summed E-state index contributed by atoms with van der Waals surface area (Å²) in [6, 6.07) is 2.02. The fourth-order valence-corrected chi connectivity index (χ4v) is 5.43. The van der Waals surface area contributed by atoms with Crippen molar-refractivity contribution in [1.82, 2.24) is 20.1 Å². The highest BCUT2D eigenvalue weighted by atomic mass is 16.1. The molecule has 3 atom stereocenters. The van der Waals surface area contributed by atoms with Gasteiger partial charge in [0.05, 0.1) is 16.6 Å². The molecule has 0 aromatic carbocycles. The Morgan fingerprint density at radius 3 is 2.81 bits per heavy atom. The van der Waals surface area contributed by atoms with Gasteiger partial charge in [0.2, 0.25) is 0 Å². The fraction of sp³-hybridized carbons (Fsp3) is 0.667. The highest BCUT2D eigenvalue weighted by Gasteiger charge is 2.38. The Bertz CT molecular complexity index is 867. The first-order valence-corrected chi connectivity index (χ1v) is 10.2. The number of nitrogens with zero attached hydrogens (tertiary/aromatic N) is 3. The average Bonchev–Trinajstić information content (AvgIpc) is 3.18. The van der Waals surface area contributed by atoms with Gasteiger partial charge in [0.15, 0.2) is 5.65 Å². The first kappa shape index (κ1) is 16.3. The summed E-state index contributed by atoms with van der Waals surface area (Å²) in [5.41, 5.74) is 3.54. The Balaban J connectivity index is 1.34. The van der Waals surface area contributed by atoms with Gasteiger partial charge in [-0.2, -0.15) is 5.10 Å². The highest BCUT2D eigenvalue weighted by Crippen LogP contribution is 2.49. The van der Waals surface area contributed by atoms with Crippen LogP contribution in [0.4, 0.5) is 0 Å². The molecule has 0 spiro atoms. The number of rotatable bonds is 5. The third kappa shape index (κ3) is 2.72. The van der Waals surface area contributed by atoms with Crippen molar-refractivity contribution in [2.75, 3.05) is 6.54 Å². The number of pyridine rings is 1. The average molecular weight is 352 g/mol. The summed E-state index contributed by atoms with van der Waals surface area (Å²) >= 11 is 0. The minimum atomic E-state index is 0.0403. The fourth-order valence-electron chi connectivity index (χ4n) is 5.43. The number of nitrogens with one attached hydrogen (secondary N) is 1. The first-order valence-electron chi connectivity index (χ1n) is 10.2. The predicted octanol–water partition coefficient (Wildman–Crippen LogP) is 3.71. The van der Waals surface area contributed by atoms with Crippen LogP contribution in [-0.2, 0) is 7.05 Å². The lowest BCUT2D eigenvalue weighted by Crippen LogP contribution is -2.27. The number of hydrogen-bond donors (Lipinski definition) is 1. The van der Waals surface area contributed by atoms with Crippen LogP contribution in [0.25, 0.3) is 11.0 Å². The van der Waals surface area contributed by atoms with Crippen LogP contribution in [0.1, 0.15) is 72.6 Å². The molecule has 26 heavy (non-hydrogen) atoms. The van der Waals surface area contributed by atoms with E-state index in [0.717, 1.165) is 58.7 Å². The van der Waals surface area contributed by atoms with Gasteiger partial charge < -0.3 is 5.32 Å². The van der Waals surface area contributed by atoms with Crippen LogP contribution in [0.3, 0.4) is 0 Å². The van der Waals surface area contributed by atoms with Gasteiger partial charge in [-0.25, -0.2) is 4.98 Å². The smallest absolute Gasteiger partial charge is 0.252 e. The Morgan fingerprint density at radius 2 is 2.12 bits per heavy atom. The molecule has 3 saturated carbocycles. The number of amides is 1. The van der Waals surface area contributed by atoms with Gasteiger partial charge in [-0.3, -0.25) is 9.48 Å². The maximum Gasteiger partial charge on any atom is 0.252 e. The third-order valence-electron chi connectivity index (χ3n) is 6.91. The molecule has 5 heteroatoms. The van der Waals surface area contributed by atoms with E-state index in [-0.39, 0.29) is 5.91 Å². The van der Waals surface area contributed by atoms with E-state index in [2.05, 4.69) is 10.4 Å². The second kappa shape index (κ2) is 6.07. The summed E-state index contributed by atoms with van der Waals surface area (Å²) in [6.07, 6.45) is 9.15. The van der Waals surface area contributed by atoms with E-state index in [9.17, 15) is 4.79 Å². The van der Waals surface area contributed by atoms with Crippen LogP contribution in [0, 0.1) is 24.7 Å². The molecule has 2 bridgehead atoms. The Hall–Kier alpha value is -1.91. The van der Waals surface area contributed by atoms with E-state index >= 15 is 0 Å². The van der Waals surface area contributed by atoms with Crippen molar-refractivity contribution in [3.8, 4) is 0 Å². The lowest BCUT2D eigenvalue weighted by Gasteiger charge is -2.21. The van der Waals surface area contributed by atoms with Crippen LogP contribution in [0.2, 0.25) is 0 Å². The monoisotopic (exact) mass is 352 g/mol. The minimum absolute atomic E-state index is 0.0403. The number of carbonyl (C=O) groups excluding carboxylic acids is 1.